The highest BCUT2D eigenvalue weighted by molar-refractivity contribution is 5.91. The summed E-state index contributed by atoms with van der Waals surface area (Å²) in [4.78, 5) is 11.9. The minimum absolute atomic E-state index is 0.0960. The van der Waals surface area contributed by atoms with Crippen molar-refractivity contribution in [3.05, 3.63) is 29.8 Å². The highest BCUT2D eigenvalue weighted by Crippen LogP contribution is 2.23. The van der Waals surface area contributed by atoms with Crippen molar-refractivity contribution < 1.29 is 4.79 Å². The van der Waals surface area contributed by atoms with E-state index >= 15 is 0 Å². The molecule has 0 aliphatic carbocycles. The lowest BCUT2D eigenvalue weighted by molar-refractivity contribution is -0.116. The topological polar surface area (TPSA) is 41.1 Å². The van der Waals surface area contributed by atoms with E-state index in [-0.39, 0.29) is 5.91 Å². The largest absolute Gasteiger partial charge is 0.326 e. The molecule has 0 saturated carbocycles. The van der Waals surface area contributed by atoms with Crippen LogP contribution in [0.4, 0.5) is 5.69 Å². The van der Waals surface area contributed by atoms with Gasteiger partial charge in [0.05, 0.1) is 0 Å². The summed E-state index contributed by atoms with van der Waals surface area (Å²) >= 11 is 0. The van der Waals surface area contributed by atoms with E-state index in [2.05, 4.69) is 44.4 Å². The average Bonchev–Trinajstić information content (AvgIpc) is 2.35. The zero-order valence-electron chi connectivity index (χ0n) is 12.5. The zero-order valence-corrected chi connectivity index (χ0v) is 12.5. The summed E-state index contributed by atoms with van der Waals surface area (Å²) in [7, 11) is 0. The molecular formula is C16H26N2O. The first-order valence-corrected chi connectivity index (χ1v) is 7.13. The summed E-state index contributed by atoms with van der Waals surface area (Å²) in [6, 6.07) is 8.49. The van der Waals surface area contributed by atoms with E-state index in [0.717, 1.165) is 18.7 Å². The molecule has 0 radical (unpaired) electrons. The molecule has 19 heavy (non-hydrogen) atoms. The first-order chi connectivity index (χ1) is 9.00. The van der Waals surface area contributed by atoms with Gasteiger partial charge in [-0.25, -0.2) is 0 Å². The van der Waals surface area contributed by atoms with Gasteiger partial charge in [-0.3, -0.25) is 4.79 Å². The van der Waals surface area contributed by atoms with Gasteiger partial charge in [0.1, 0.15) is 0 Å². The highest BCUT2D eigenvalue weighted by atomic mass is 16.1. The highest BCUT2D eigenvalue weighted by Gasteiger charge is 2.08. The fourth-order valence-electron chi connectivity index (χ4n) is 1.97. The van der Waals surface area contributed by atoms with E-state index in [4.69, 9.17) is 0 Å². The third-order valence-electron chi connectivity index (χ3n) is 2.99. The number of carbonyl (C=O) groups is 1. The zero-order chi connectivity index (χ0) is 14.3. The van der Waals surface area contributed by atoms with E-state index < -0.39 is 0 Å². The normalized spacial score (nSPS) is 11.1. The van der Waals surface area contributed by atoms with Gasteiger partial charge in [-0.1, -0.05) is 45.9 Å². The molecule has 0 aromatic heterocycles. The molecule has 0 bridgehead atoms. The Hall–Kier alpha value is -1.35. The molecule has 0 saturated heterocycles. The maximum absolute atomic E-state index is 11.9. The first kappa shape index (κ1) is 15.7. The first-order valence-electron chi connectivity index (χ1n) is 7.13. The van der Waals surface area contributed by atoms with Gasteiger partial charge < -0.3 is 10.6 Å². The van der Waals surface area contributed by atoms with E-state index in [9.17, 15) is 4.79 Å². The second-order valence-electron chi connectivity index (χ2n) is 5.50. The van der Waals surface area contributed by atoms with Gasteiger partial charge in [0.15, 0.2) is 0 Å². The molecule has 0 heterocycles. The van der Waals surface area contributed by atoms with Crippen LogP contribution in [-0.2, 0) is 4.79 Å². The Labute approximate surface area is 116 Å². The monoisotopic (exact) mass is 262 g/mol. The number of rotatable bonds is 7. The Kier molecular flexibility index (Phi) is 6.57. The van der Waals surface area contributed by atoms with Gasteiger partial charge >= 0.3 is 0 Å². The fourth-order valence-corrected chi connectivity index (χ4v) is 1.97. The molecule has 0 spiro atoms. The molecule has 1 aromatic rings. The number of amides is 1. The second-order valence-corrected chi connectivity index (χ2v) is 5.50. The van der Waals surface area contributed by atoms with E-state index in [0.29, 0.717) is 18.4 Å². The van der Waals surface area contributed by atoms with Crippen LogP contribution in [0.5, 0.6) is 0 Å². The summed E-state index contributed by atoms with van der Waals surface area (Å²) in [6.45, 7) is 9.38. The molecule has 1 aromatic carbocycles. The summed E-state index contributed by atoms with van der Waals surface area (Å²) in [5.74, 6) is 0.512. The predicted molar refractivity (Wildman–Crippen MR) is 81.5 cm³/mol. The van der Waals surface area contributed by atoms with Crippen LogP contribution in [0.1, 0.15) is 52.0 Å². The summed E-state index contributed by atoms with van der Waals surface area (Å²) in [5, 5.41) is 6.33. The number of hydrogen-bond acceptors (Lipinski definition) is 2. The molecule has 0 fully saturated rings. The molecule has 0 atom stereocenters. The lowest BCUT2D eigenvalue weighted by atomic mass is 10.0. The van der Waals surface area contributed by atoms with E-state index in [1.807, 2.05) is 18.2 Å². The van der Waals surface area contributed by atoms with Crippen LogP contribution >= 0.6 is 0 Å². The van der Waals surface area contributed by atoms with Crippen LogP contribution in [0.2, 0.25) is 0 Å². The maximum Gasteiger partial charge on any atom is 0.224 e. The van der Waals surface area contributed by atoms with Crippen LogP contribution in [0.15, 0.2) is 24.3 Å². The molecule has 1 amide bonds. The predicted octanol–water partition coefficient (Wildman–Crippen LogP) is 3.53. The molecular weight excluding hydrogens is 236 g/mol. The van der Waals surface area contributed by atoms with Crippen LogP contribution in [0, 0.1) is 0 Å². The smallest absolute Gasteiger partial charge is 0.224 e. The lowest BCUT2D eigenvalue weighted by Gasteiger charge is -2.13. The average molecular weight is 262 g/mol. The molecule has 0 aliphatic heterocycles. The molecule has 2 N–H and O–H groups in total. The summed E-state index contributed by atoms with van der Waals surface area (Å²) in [6.07, 6.45) is 1.43. The quantitative estimate of drug-likeness (QED) is 0.738. The van der Waals surface area contributed by atoms with Crippen LogP contribution < -0.4 is 10.6 Å². The van der Waals surface area contributed by atoms with Gasteiger partial charge in [0.25, 0.3) is 0 Å². The van der Waals surface area contributed by atoms with E-state index in [1.54, 1.807) is 0 Å². The number of anilines is 1. The van der Waals surface area contributed by atoms with Gasteiger partial charge in [0, 0.05) is 18.2 Å². The van der Waals surface area contributed by atoms with Crippen LogP contribution in [0.3, 0.4) is 0 Å². The molecule has 0 unspecified atom stereocenters. The maximum atomic E-state index is 11.9. The van der Waals surface area contributed by atoms with Gasteiger partial charge in [0.2, 0.25) is 5.91 Å². The van der Waals surface area contributed by atoms with Gasteiger partial charge in [-0.2, -0.15) is 0 Å². The minimum Gasteiger partial charge on any atom is -0.326 e. The fraction of sp³-hybridized carbons (Fsp3) is 0.562. The number of carbonyl (C=O) groups excluding carboxylic acids is 1. The van der Waals surface area contributed by atoms with Crippen molar-refractivity contribution in [2.24, 2.45) is 0 Å². The van der Waals surface area contributed by atoms with Crippen LogP contribution in [-0.4, -0.2) is 18.5 Å². The van der Waals surface area contributed by atoms with Crippen LogP contribution in [0.25, 0.3) is 0 Å². The van der Waals surface area contributed by atoms with Crippen molar-refractivity contribution >= 4 is 11.6 Å². The van der Waals surface area contributed by atoms with Gasteiger partial charge in [-0.05, 0) is 30.5 Å². The number of benzene rings is 1. The number of hydrogen-bond donors (Lipinski definition) is 2. The molecule has 1 rings (SSSR count). The standard InChI is InChI=1S/C16H26N2O/c1-12(2)14-8-5-6-9-15(14)18-16(19)10-7-11-17-13(3)4/h5-6,8-9,12-13,17H,7,10-11H2,1-4H3,(H,18,19). The van der Waals surface area contributed by atoms with Gasteiger partial charge in [-0.15, -0.1) is 0 Å². The summed E-state index contributed by atoms with van der Waals surface area (Å²) in [5.41, 5.74) is 2.13. The van der Waals surface area contributed by atoms with Crippen molar-refractivity contribution in [2.45, 2.75) is 52.5 Å². The van der Waals surface area contributed by atoms with Crippen molar-refractivity contribution in [3.8, 4) is 0 Å². The molecule has 3 nitrogen and oxygen atoms in total. The SMILES string of the molecule is CC(C)NCCCC(=O)Nc1ccccc1C(C)C. The van der Waals surface area contributed by atoms with Crippen molar-refractivity contribution in [1.29, 1.82) is 0 Å². The lowest BCUT2D eigenvalue weighted by Crippen LogP contribution is -2.24. The number of para-hydroxylation sites is 1. The Morgan fingerprint density at radius 2 is 1.84 bits per heavy atom. The molecule has 106 valence electrons. The van der Waals surface area contributed by atoms with Crippen molar-refractivity contribution in [2.75, 3.05) is 11.9 Å². The Morgan fingerprint density at radius 1 is 1.16 bits per heavy atom. The third kappa shape index (κ3) is 5.88. The Balaban J connectivity index is 2.44. The minimum atomic E-state index is 0.0960. The van der Waals surface area contributed by atoms with E-state index in [1.165, 1.54) is 5.56 Å². The third-order valence-corrected chi connectivity index (χ3v) is 2.99. The summed E-state index contributed by atoms with van der Waals surface area (Å²) < 4.78 is 0. The molecule has 0 aliphatic rings. The molecule has 3 heteroatoms. The number of nitrogens with one attached hydrogen (secondary N) is 2. The Bertz CT molecular complexity index is 399. The van der Waals surface area contributed by atoms with Crippen molar-refractivity contribution in [1.82, 2.24) is 5.32 Å². The second kappa shape index (κ2) is 7.95. The Morgan fingerprint density at radius 3 is 2.47 bits per heavy atom. The van der Waals surface area contributed by atoms with Crippen molar-refractivity contribution in [3.63, 3.8) is 0 Å².